The van der Waals surface area contributed by atoms with E-state index < -0.39 is 5.92 Å². The Labute approximate surface area is 151 Å². The van der Waals surface area contributed by atoms with Crippen LogP contribution in [0, 0.1) is 11.3 Å². The molecule has 0 radical (unpaired) electrons. The maximum absolute atomic E-state index is 12.2. The van der Waals surface area contributed by atoms with Gasteiger partial charge in [-0.25, -0.2) is 0 Å². The van der Waals surface area contributed by atoms with Crippen molar-refractivity contribution in [2.75, 3.05) is 12.4 Å². The molecule has 2 rings (SSSR count). The zero-order chi connectivity index (χ0) is 18.4. The monoisotopic (exact) mass is 356 g/mol. The normalized spacial score (nSPS) is 17.0. The summed E-state index contributed by atoms with van der Waals surface area (Å²) in [4.78, 5) is 23.8. The van der Waals surface area contributed by atoms with E-state index in [-0.39, 0.29) is 17.5 Å². The van der Waals surface area contributed by atoms with E-state index in [2.05, 4.69) is 11.4 Å². The number of esters is 1. The van der Waals surface area contributed by atoms with E-state index >= 15 is 0 Å². The van der Waals surface area contributed by atoms with E-state index in [0.29, 0.717) is 28.5 Å². The molecule has 1 heterocycles. The number of carbonyl (C=O) groups excluding carboxylic acids is 2. The molecule has 1 aliphatic rings. The molecule has 0 saturated heterocycles. The smallest absolute Gasteiger partial charge is 0.316 e. The van der Waals surface area contributed by atoms with Crippen molar-refractivity contribution in [1.82, 2.24) is 5.32 Å². The number of nitrogens with one attached hydrogen (secondary N) is 1. The molecule has 0 fully saturated rings. The van der Waals surface area contributed by atoms with Gasteiger partial charge in [0.2, 0.25) is 0 Å². The Morgan fingerprint density at radius 1 is 1.32 bits per heavy atom. The highest BCUT2D eigenvalue weighted by Gasteiger charge is 2.33. The molecular weight excluding hydrogens is 336 g/mol. The van der Waals surface area contributed by atoms with Crippen LogP contribution in [-0.4, -0.2) is 24.1 Å². The lowest BCUT2D eigenvalue weighted by Gasteiger charge is -2.29. The lowest BCUT2D eigenvalue weighted by Crippen LogP contribution is -2.27. The van der Waals surface area contributed by atoms with E-state index in [9.17, 15) is 14.9 Å². The van der Waals surface area contributed by atoms with Gasteiger partial charge in [-0.05, 0) is 26.3 Å². The maximum Gasteiger partial charge on any atom is 0.316 e. The van der Waals surface area contributed by atoms with E-state index in [4.69, 9.17) is 4.74 Å². The van der Waals surface area contributed by atoms with E-state index in [1.807, 2.05) is 37.3 Å². The van der Waals surface area contributed by atoms with Crippen molar-refractivity contribution in [1.29, 1.82) is 5.26 Å². The Bertz CT molecular complexity index is 776. The number of nitrogens with zero attached hydrogens (tertiary/aromatic N) is 1. The molecule has 1 aromatic carbocycles. The highest BCUT2D eigenvalue weighted by atomic mass is 32.2. The summed E-state index contributed by atoms with van der Waals surface area (Å²) in [7, 11) is 0. The van der Waals surface area contributed by atoms with E-state index in [0.717, 1.165) is 5.56 Å². The number of hydrogen-bond acceptors (Lipinski definition) is 6. The number of ether oxygens (including phenoxy) is 1. The van der Waals surface area contributed by atoms with Crippen molar-refractivity contribution in [2.45, 2.75) is 26.7 Å². The van der Waals surface area contributed by atoms with Gasteiger partial charge >= 0.3 is 5.97 Å². The van der Waals surface area contributed by atoms with Crippen LogP contribution >= 0.6 is 11.8 Å². The molecule has 1 N–H and O–H groups in total. The number of dihydropyridines is 1. The van der Waals surface area contributed by atoms with Crippen molar-refractivity contribution in [3.63, 3.8) is 0 Å². The average Bonchev–Trinajstić information content (AvgIpc) is 2.59. The third-order valence-electron chi connectivity index (χ3n) is 3.80. The minimum absolute atomic E-state index is 0.0824. The second kappa shape index (κ2) is 8.54. The maximum atomic E-state index is 12.2. The fourth-order valence-corrected chi connectivity index (χ4v) is 3.70. The minimum atomic E-state index is -0.436. The number of ketones is 1. The Morgan fingerprint density at radius 2 is 2.00 bits per heavy atom. The van der Waals surface area contributed by atoms with Gasteiger partial charge in [-0.15, -0.1) is 0 Å². The summed E-state index contributed by atoms with van der Waals surface area (Å²) in [5.41, 5.74) is 2.59. The largest absolute Gasteiger partial charge is 0.465 e. The molecule has 25 heavy (non-hydrogen) atoms. The number of carbonyl (C=O) groups is 2. The van der Waals surface area contributed by atoms with Crippen LogP contribution in [0.15, 0.2) is 52.2 Å². The quantitative estimate of drug-likeness (QED) is 0.788. The summed E-state index contributed by atoms with van der Waals surface area (Å²) in [5.74, 6) is -0.754. The van der Waals surface area contributed by atoms with Crippen LogP contribution in [0.3, 0.4) is 0 Å². The van der Waals surface area contributed by atoms with Gasteiger partial charge in [-0.1, -0.05) is 42.1 Å². The van der Waals surface area contributed by atoms with Crippen LogP contribution < -0.4 is 5.32 Å². The fraction of sp³-hybridized carbons (Fsp3) is 0.316. The Morgan fingerprint density at radius 3 is 2.56 bits per heavy atom. The number of Topliss-reactive ketones (excluding diaryl/α,β-unsaturated/α-hetero) is 1. The van der Waals surface area contributed by atoms with Crippen molar-refractivity contribution in [3.8, 4) is 6.07 Å². The molecule has 0 aromatic heterocycles. The van der Waals surface area contributed by atoms with Crippen molar-refractivity contribution >= 4 is 23.5 Å². The average molecular weight is 356 g/mol. The summed E-state index contributed by atoms with van der Waals surface area (Å²) in [6, 6.07) is 11.7. The van der Waals surface area contributed by atoms with Crippen LogP contribution in [0.1, 0.15) is 32.3 Å². The molecule has 0 aliphatic carbocycles. The van der Waals surface area contributed by atoms with Gasteiger partial charge in [0.05, 0.1) is 34.9 Å². The lowest BCUT2D eigenvalue weighted by atomic mass is 9.81. The number of rotatable bonds is 6. The van der Waals surface area contributed by atoms with Crippen LogP contribution in [-0.2, 0) is 14.3 Å². The zero-order valence-corrected chi connectivity index (χ0v) is 15.3. The summed E-state index contributed by atoms with van der Waals surface area (Å²) in [5, 5.41) is 13.4. The number of nitriles is 1. The number of hydrogen-bond donors (Lipinski definition) is 1. The predicted octanol–water partition coefficient (Wildman–Crippen LogP) is 3.27. The molecule has 130 valence electrons. The lowest BCUT2D eigenvalue weighted by molar-refractivity contribution is -0.139. The first-order valence-corrected chi connectivity index (χ1v) is 8.94. The Balaban J connectivity index is 2.44. The molecule has 0 unspecified atom stereocenters. The third kappa shape index (κ3) is 4.31. The molecule has 0 saturated carbocycles. The zero-order valence-electron chi connectivity index (χ0n) is 14.5. The van der Waals surface area contributed by atoms with Crippen molar-refractivity contribution in [3.05, 3.63) is 57.8 Å². The van der Waals surface area contributed by atoms with Gasteiger partial charge in [-0.3, -0.25) is 9.59 Å². The second-order valence-electron chi connectivity index (χ2n) is 5.51. The first-order valence-electron chi connectivity index (χ1n) is 7.95. The minimum Gasteiger partial charge on any atom is -0.465 e. The van der Waals surface area contributed by atoms with Crippen LogP contribution in [0.25, 0.3) is 0 Å². The Hall–Kier alpha value is -2.52. The molecule has 0 bridgehead atoms. The molecule has 6 heteroatoms. The van der Waals surface area contributed by atoms with E-state index in [1.165, 1.54) is 18.7 Å². The molecule has 5 nitrogen and oxygen atoms in total. The SMILES string of the molecule is CCOC(=O)CSC1=C(C#N)[C@H](c2ccccc2)C(C(C)=O)=C(C)N1. The highest BCUT2D eigenvalue weighted by Crippen LogP contribution is 2.40. The van der Waals surface area contributed by atoms with Gasteiger partial charge in [-0.2, -0.15) is 5.26 Å². The van der Waals surface area contributed by atoms with Crippen LogP contribution in [0.5, 0.6) is 0 Å². The highest BCUT2D eigenvalue weighted by molar-refractivity contribution is 8.03. The summed E-state index contributed by atoms with van der Waals surface area (Å²) in [6.07, 6.45) is 0. The predicted molar refractivity (Wildman–Crippen MR) is 97.4 cm³/mol. The van der Waals surface area contributed by atoms with Gasteiger partial charge in [0.25, 0.3) is 0 Å². The molecule has 0 spiro atoms. The van der Waals surface area contributed by atoms with Crippen molar-refractivity contribution < 1.29 is 14.3 Å². The third-order valence-corrected chi connectivity index (χ3v) is 4.79. The van der Waals surface area contributed by atoms with E-state index in [1.54, 1.807) is 6.92 Å². The fourth-order valence-electron chi connectivity index (χ4n) is 2.81. The standard InChI is InChI=1S/C19H20N2O3S/c1-4-24-16(23)11-25-19-15(10-20)18(14-8-6-5-7-9-14)17(13(3)22)12(2)21-19/h5-9,18,21H,4,11H2,1-3H3/t18-/m0/s1. The van der Waals surface area contributed by atoms with Crippen molar-refractivity contribution in [2.24, 2.45) is 0 Å². The van der Waals surface area contributed by atoms with Crippen LogP contribution in [0.4, 0.5) is 0 Å². The summed E-state index contributed by atoms with van der Waals surface area (Å²) in [6.45, 7) is 5.38. The molecule has 0 amide bonds. The topological polar surface area (TPSA) is 79.2 Å². The molecule has 1 atom stereocenters. The number of thioether (sulfide) groups is 1. The van der Waals surface area contributed by atoms with Crippen LogP contribution in [0.2, 0.25) is 0 Å². The van der Waals surface area contributed by atoms with Gasteiger partial charge < -0.3 is 10.1 Å². The molecule has 1 aromatic rings. The first-order chi connectivity index (χ1) is 12.0. The van der Waals surface area contributed by atoms with Gasteiger partial charge in [0.15, 0.2) is 5.78 Å². The summed E-state index contributed by atoms with van der Waals surface area (Å²) >= 11 is 1.22. The number of allylic oxidation sites excluding steroid dienone is 3. The molecule has 1 aliphatic heterocycles. The second-order valence-corrected chi connectivity index (χ2v) is 6.50. The Kier molecular flexibility index (Phi) is 6.43. The number of benzene rings is 1. The summed E-state index contributed by atoms with van der Waals surface area (Å²) < 4.78 is 4.94. The first kappa shape index (κ1) is 18.8. The molecular formula is C19H20N2O3S. The van der Waals surface area contributed by atoms with Gasteiger partial charge in [0, 0.05) is 11.3 Å². The van der Waals surface area contributed by atoms with Gasteiger partial charge in [0.1, 0.15) is 0 Å².